The molecule has 15 heavy (non-hydrogen) atoms. The molecule has 1 nitrogen and oxygen atoms in total. The molecule has 2 atom stereocenters. The third-order valence-corrected chi connectivity index (χ3v) is 3.96. The first-order chi connectivity index (χ1) is 7.02. The molecule has 0 aliphatic heterocycles. The molecule has 2 unspecified atom stereocenters. The van der Waals surface area contributed by atoms with Crippen molar-refractivity contribution in [2.45, 2.75) is 77.7 Å². The van der Waals surface area contributed by atoms with Crippen LogP contribution in [0.4, 0.5) is 0 Å². The molecule has 0 amide bonds. The predicted octanol–water partition coefficient (Wildman–Crippen LogP) is 4.11. The van der Waals surface area contributed by atoms with Crippen LogP contribution in [0.2, 0.25) is 0 Å². The summed E-state index contributed by atoms with van der Waals surface area (Å²) < 4.78 is 0. The predicted molar refractivity (Wildman–Crippen MR) is 67.9 cm³/mol. The molecule has 1 heteroatoms. The normalized spacial score (nSPS) is 33.0. The highest BCUT2D eigenvalue weighted by Crippen LogP contribution is 2.32. The van der Waals surface area contributed by atoms with Crippen LogP contribution < -0.4 is 5.73 Å². The Bertz CT molecular complexity index is 176. The molecule has 0 aromatic carbocycles. The Kier molecular flexibility index (Phi) is 5.11. The van der Waals surface area contributed by atoms with Crippen LogP contribution in [0.5, 0.6) is 0 Å². The van der Waals surface area contributed by atoms with E-state index in [2.05, 4.69) is 20.8 Å². The second-order valence-corrected chi connectivity index (χ2v) is 6.18. The summed E-state index contributed by atoms with van der Waals surface area (Å²) in [6.45, 7) is 6.98. The Labute approximate surface area is 95.8 Å². The van der Waals surface area contributed by atoms with Crippen LogP contribution in [0.1, 0.15) is 72.1 Å². The Hall–Kier alpha value is -0.0400. The summed E-state index contributed by atoms with van der Waals surface area (Å²) in [5.41, 5.74) is 6.69. The van der Waals surface area contributed by atoms with Crippen molar-refractivity contribution < 1.29 is 0 Å². The van der Waals surface area contributed by atoms with Gasteiger partial charge in [0.2, 0.25) is 0 Å². The summed E-state index contributed by atoms with van der Waals surface area (Å²) in [5.74, 6) is 1.74. The molecule has 0 aromatic heterocycles. The fraction of sp³-hybridized carbons (Fsp3) is 1.00. The van der Waals surface area contributed by atoms with E-state index in [1.54, 1.807) is 0 Å². The lowest BCUT2D eigenvalue weighted by atomic mass is 9.85. The summed E-state index contributed by atoms with van der Waals surface area (Å²) in [7, 11) is 0. The first-order valence-electron chi connectivity index (χ1n) is 6.81. The maximum absolute atomic E-state index is 6.51. The lowest BCUT2D eigenvalue weighted by Gasteiger charge is -2.28. The van der Waals surface area contributed by atoms with E-state index in [1.165, 1.54) is 51.4 Å². The van der Waals surface area contributed by atoms with Gasteiger partial charge in [-0.25, -0.2) is 0 Å². The highest BCUT2D eigenvalue weighted by molar-refractivity contribution is 4.87. The third-order valence-electron chi connectivity index (χ3n) is 3.96. The zero-order valence-electron chi connectivity index (χ0n) is 10.9. The molecular weight excluding hydrogens is 182 g/mol. The fourth-order valence-electron chi connectivity index (χ4n) is 2.72. The second kappa shape index (κ2) is 5.89. The fourth-order valence-corrected chi connectivity index (χ4v) is 2.72. The average Bonchev–Trinajstić information content (AvgIpc) is 2.29. The van der Waals surface area contributed by atoms with Gasteiger partial charge in [0.25, 0.3) is 0 Å². The van der Waals surface area contributed by atoms with E-state index in [1.807, 2.05) is 0 Å². The van der Waals surface area contributed by atoms with E-state index in [0.717, 1.165) is 11.8 Å². The summed E-state index contributed by atoms with van der Waals surface area (Å²) in [5, 5.41) is 0. The van der Waals surface area contributed by atoms with Gasteiger partial charge >= 0.3 is 0 Å². The molecule has 0 heterocycles. The molecule has 2 N–H and O–H groups in total. The Morgan fingerprint density at radius 1 is 1.27 bits per heavy atom. The van der Waals surface area contributed by atoms with E-state index in [0.29, 0.717) is 0 Å². The van der Waals surface area contributed by atoms with Gasteiger partial charge in [0.1, 0.15) is 0 Å². The van der Waals surface area contributed by atoms with Crippen LogP contribution in [0, 0.1) is 11.8 Å². The average molecular weight is 211 g/mol. The number of rotatable bonds is 4. The Morgan fingerprint density at radius 3 is 2.67 bits per heavy atom. The number of hydrogen-bond acceptors (Lipinski definition) is 1. The molecule has 0 radical (unpaired) electrons. The van der Waals surface area contributed by atoms with Gasteiger partial charge in [0, 0.05) is 5.54 Å². The number of nitrogens with two attached hydrogens (primary N) is 1. The van der Waals surface area contributed by atoms with Crippen LogP contribution >= 0.6 is 0 Å². The molecule has 1 saturated carbocycles. The minimum Gasteiger partial charge on any atom is -0.325 e. The highest BCUT2D eigenvalue weighted by atomic mass is 14.7. The lowest BCUT2D eigenvalue weighted by molar-refractivity contribution is 0.321. The Morgan fingerprint density at radius 2 is 2.00 bits per heavy atom. The molecule has 0 spiro atoms. The number of hydrogen-bond donors (Lipinski definition) is 1. The maximum atomic E-state index is 6.51. The standard InChI is InChI=1S/C14H29N/c1-12(2)6-4-9-14(15)10-5-7-13(3)8-11-14/h12-13H,4-11,15H2,1-3H3. The zero-order valence-corrected chi connectivity index (χ0v) is 10.9. The van der Waals surface area contributed by atoms with Crippen LogP contribution in [-0.4, -0.2) is 5.54 Å². The van der Waals surface area contributed by atoms with Crippen molar-refractivity contribution in [1.29, 1.82) is 0 Å². The topological polar surface area (TPSA) is 26.0 Å². The van der Waals surface area contributed by atoms with Gasteiger partial charge in [-0.3, -0.25) is 0 Å². The minimum atomic E-state index is 0.180. The van der Waals surface area contributed by atoms with Gasteiger partial charge in [0.05, 0.1) is 0 Å². The molecule has 0 aromatic rings. The van der Waals surface area contributed by atoms with Gasteiger partial charge in [0.15, 0.2) is 0 Å². The smallest absolute Gasteiger partial charge is 0.0154 e. The van der Waals surface area contributed by atoms with Gasteiger partial charge in [-0.1, -0.05) is 46.5 Å². The monoisotopic (exact) mass is 211 g/mol. The molecule has 0 bridgehead atoms. The lowest BCUT2D eigenvalue weighted by Crippen LogP contribution is -2.39. The van der Waals surface area contributed by atoms with Crippen LogP contribution in [0.25, 0.3) is 0 Å². The van der Waals surface area contributed by atoms with Crippen molar-refractivity contribution in [1.82, 2.24) is 0 Å². The van der Waals surface area contributed by atoms with E-state index in [9.17, 15) is 0 Å². The van der Waals surface area contributed by atoms with Crippen LogP contribution in [-0.2, 0) is 0 Å². The Balaban J connectivity index is 2.30. The van der Waals surface area contributed by atoms with Crippen molar-refractivity contribution >= 4 is 0 Å². The van der Waals surface area contributed by atoms with E-state index >= 15 is 0 Å². The summed E-state index contributed by atoms with van der Waals surface area (Å²) >= 11 is 0. The first-order valence-corrected chi connectivity index (χ1v) is 6.81. The van der Waals surface area contributed by atoms with Crippen molar-refractivity contribution in [3.8, 4) is 0 Å². The highest BCUT2D eigenvalue weighted by Gasteiger charge is 2.27. The third kappa shape index (κ3) is 5.01. The van der Waals surface area contributed by atoms with Gasteiger partial charge in [-0.15, -0.1) is 0 Å². The SMILES string of the molecule is CC(C)CCCC1(N)CCCC(C)CC1. The second-order valence-electron chi connectivity index (χ2n) is 6.18. The summed E-state index contributed by atoms with van der Waals surface area (Å²) in [6.07, 6.45) is 10.5. The van der Waals surface area contributed by atoms with Crippen LogP contribution in [0.15, 0.2) is 0 Å². The molecule has 1 fully saturated rings. The van der Waals surface area contributed by atoms with E-state index in [-0.39, 0.29) is 5.54 Å². The quantitative estimate of drug-likeness (QED) is 0.696. The van der Waals surface area contributed by atoms with Gasteiger partial charge < -0.3 is 5.73 Å². The van der Waals surface area contributed by atoms with Gasteiger partial charge in [-0.05, 0) is 37.5 Å². The van der Waals surface area contributed by atoms with Gasteiger partial charge in [-0.2, -0.15) is 0 Å². The van der Waals surface area contributed by atoms with E-state index in [4.69, 9.17) is 5.73 Å². The van der Waals surface area contributed by atoms with Crippen molar-refractivity contribution in [3.63, 3.8) is 0 Å². The zero-order chi connectivity index (χ0) is 11.3. The molecular formula is C14H29N. The molecule has 1 aliphatic carbocycles. The van der Waals surface area contributed by atoms with Crippen molar-refractivity contribution in [3.05, 3.63) is 0 Å². The maximum Gasteiger partial charge on any atom is 0.0154 e. The van der Waals surface area contributed by atoms with Crippen molar-refractivity contribution in [2.75, 3.05) is 0 Å². The van der Waals surface area contributed by atoms with Crippen molar-refractivity contribution in [2.24, 2.45) is 17.6 Å². The molecule has 1 aliphatic rings. The molecule has 0 saturated heterocycles. The molecule has 1 rings (SSSR count). The largest absolute Gasteiger partial charge is 0.325 e. The molecule has 90 valence electrons. The van der Waals surface area contributed by atoms with E-state index < -0.39 is 0 Å². The summed E-state index contributed by atoms with van der Waals surface area (Å²) in [4.78, 5) is 0. The summed E-state index contributed by atoms with van der Waals surface area (Å²) in [6, 6.07) is 0. The minimum absolute atomic E-state index is 0.180. The first kappa shape index (κ1) is 13.0. The van der Waals surface area contributed by atoms with Crippen LogP contribution in [0.3, 0.4) is 0 Å².